The molecule has 1 aliphatic heterocycles. The Hall–Kier alpha value is -2.59. The molecule has 1 fully saturated rings. The molecule has 2 aromatic carbocycles. The van der Waals surface area contributed by atoms with Crippen LogP contribution in [0.2, 0.25) is 0 Å². The largest absolute Gasteiger partial charge is 0.493 e. The first-order chi connectivity index (χ1) is 14.0. The molecule has 0 aromatic heterocycles. The number of ether oxygens (including phenoxy) is 3. The van der Waals surface area contributed by atoms with Crippen molar-refractivity contribution in [3.63, 3.8) is 0 Å². The van der Waals surface area contributed by atoms with Gasteiger partial charge in [-0.25, -0.2) is 0 Å². The summed E-state index contributed by atoms with van der Waals surface area (Å²) in [5.41, 5.74) is 4.66. The van der Waals surface area contributed by atoms with Crippen molar-refractivity contribution >= 4 is 5.78 Å². The Balaban J connectivity index is 1.37. The van der Waals surface area contributed by atoms with Gasteiger partial charge in [0.15, 0.2) is 0 Å². The number of carbonyl (C=O) groups is 1. The Morgan fingerprint density at radius 2 is 1.79 bits per heavy atom. The van der Waals surface area contributed by atoms with E-state index in [9.17, 15) is 4.79 Å². The van der Waals surface area contributed by atoms with Crippen molar-refractivity contribution in [2.24, 2.45) is 5.92 Å². The molecule has 1 saturated carbocycles. The minimum absolute atomic E-state index is 0.0396. The Morgan fingerprint density at radius 1 is 1.03 bits per heavy atom. The van der Waals surface area contributed by atoms with E-state index in [-0.39, 0.29) is 23.9 Å². The maximum Gasteiger partial charge on any atom is 0.207 e. The van der Waals surface area contributed by atoms with E-state index < -0.39 is 0 Å². The number of benzene rings is 2. The van der Waals surface area contributed by atoms with Gasteiger partial charge in [0.1, 0.15) is 18.1 Å². The molecule has 1 aliphatic carbocycles. The third kappa shape index (κ3) is 4.54. The second kappa shape index (κ2) is 8.42. The van der Waals surface area contributed by atoms with Crippen molar-refractivity contribution < 1.29 is 19.0 Å². The second-order valence-electron chi connectivity index (χ2n) is 8.23. The van der Waals surface area contributed by atoms with E-state index in [4.69, 9.17) is 14.2 Å². The molecule has 0 bridgehead atoms. The summed E-state index contributed by atoms with van der Waals surface area (Å²) >= 11 is 0. The average molecular weight is 392 g/mol. The van der Waals surface area contributed by atoms with Gasteiger partial charge < -0.3 is 14.2 Å². The first-order valence-corrected chi connectivity index (χ1v) is 10.3. The Bertz CT molecular complexity index is 910. The molecule has 0 saturated heterocycles. The van der Waals surface area contributed by atoms with E-state index >= 15 is 0 Å². The lowest BCUT2D eigenvalue weighted by Crippen LogP contribution is -2.42. The number of rotatable bonds is 5. The van der Waals surface area contributed by atoms with Crippen molar-refractivity contribution in [3.8, 4) is 5.75 Å². The van der Waals surface area contributed by atoms with Crippen molar-refractivity contribution in [2.75, 3.05) is 0 Å². The van der Waals surface area contributed by atoms with E-state index in [0.29, 0.717) is 18.1 Å². The Kier molecular flexibility index (Phi) is 5.72. The van der Waals surface area contributed by atoms with Crippen LogP contribution in [0.25, 0.3) is 0 Å². The van der Waals surface area contributed by atoms with Crippen LogP contribution in [0, 0.1) is 26.7 Å². The van der Waals surface area contributed by atoms with E-state index in [1.54, 1.807) is 0 Å². The van der Waals surface area contributed by atoms with Crippen LogP contribution in [0.5, 0.6) is 5.75 Å². The van der Waals surface area contributed by atoms with Crippen LogP contribution in [0.15, 0.2) is 54.5 Å². The summed E-state index contributed by atoms with van der Waals surface area (Å²) < 4.78 is 17.9. The lowest BCUT2D eigenvalue weighted by Gasteiger charge is -2.37. The number of hydrogen-bond donors (Lipinski definition) is 0. The zero-order valence-corrected chi connectivity index (χ0v) is 17.3. The van der Waals surface area contributed by atoms with Gasteiger partial charge in [0.2, 0.25) is 11.5 Å². The number of fused-ring (bicyclic) bond motifs is 1. The highest BCUT2D eigenvalue weighted by atomic mass is 16.5. The molecule has 4 rings (SSSR count). The fraction of sp³-hybridized carbons (Fsp3) is 0.400. The summed E-state index contributed by atoms with van der Waals surface area (Å²) in [7, 11) is 0. The highest BCUT2D eigenvalue weighted by molar-refractivity contribution is 5.96. The lowest BCUT2D eigenvalue weighted by molar-refractivity contribution is -0.134. The number of Topliss-reactive ketones (excluding diaryl/α,β-unsaturated/α-hetero) is 1. The summed E-state index contributed by atoms with van der Waals surface area (Å²) in [6.07, 6.45) is 3.82. The molecule has 4 heteroatoms. The molecule has 29 heavy (non-hydrogen) atoms. The summed E-state index contributed by atoms with van der Waals surface area (Å²) in [5, 5.41) is 0. The molecule has 152 valence electrons. The summed E-state index contributed by atoms with van der Waals surface area (Å²) in [6.45, 7) is 6.73. The van der Waals surface area contributed by atoms with Crippen molar-refractivity contribution in [1.82, 2.24) is 0 Å². The fourth-order valence-corrected chi connectivity index (χ4v) is 4.26. The van der Waals surface area contributed by atoms with Crippen molar-refractivity contribution in [3.05, 3.63) is 76.7 Å². The maximum atomic E-state index is 13.0. The zero-order chi connectivity index (χ0) is 20.4. The third-order valence-corrected chi connectivity index (χ3v) is 5.83. The second-order valence-corrected chi connectivity index (χ2v) is 8.23. The average Bonchev–Trinajstić information content (AvgIpc) is 2.69. The smallest absolute Gasteiger partial charge is 0.207 e. The molecular weight excluding hydrogens is 364 g/mol. The molecule has 0 radical (unpaired) electrons. The highest BCUT2D eigenvalue weighted by Crippen LogP contribution is 2.35. The summed E-state index contributed by atoms with van der Waals surface area (Å²) in [4.78, 5) is 13.0. The van der Waals surface area contributed by atoms with Gasteiger partial charge in [0.05, 0.1) is 18.6 Å². The highest BCUT2D eigenvalue weighted by Gasteiger charge is 2.41. The molecule has 4 nitrogen and oxygen atoms in total. The van der Waals surface area contributed by atoms with Crippen LogP contribution in [-0.4, -0.2) is 18.0 Å². The Morgan fingerprint density at radius 3 is 2.55 bits per heavy atom. The SMILES string of the molecule is Cc1cc(C)cc(OC2=COC3CC(OCc4ccccc4C)CCC3C2=O)c1. The van der Waals surface area contributed by atoms with Gasteiger partial charge in [-0.05, 0) is 68.0 Å². The van der Waals surface area contributed by atoms with Crippen LogP contribution in [0.1, 0.15) is 41.5 Å². The Labute approximate surface area is 172 Å². The molecule has 0 N–H and O–H groups in total. The first-order valence-electron chi connectivity index (χ1n) is 10.3. The molecule has 2 aliphatic rings. The molecule has 0 spiro atoms. The fourth-order valence-electron chi connectivity index (χ4n) is 4.26. The van der Waals surface area contributed by atoms with Crippen LogP contribution in [0.4, 0.5) is 0 Å². The van der Waals surface area contributed by atoms with Gasteiger partial charge >= 0.3 is 0 Å². The predicted octanol–water partition coefficient (Wildman–Crippen LogP) is 5.19. The molecule has 3 atom stereocenters. The number of hydrogen-bond acceptors (Lipinski definition) is 4. The van der Waals surface area contributed by atoms with Crippen LogP contribution in [-0.2, 0) is 20.9 Å². The van der Waals surface area contributed by atoms with Gasteiger partial charge in [0, 0.05) is 6.42 Å². The molecular formula is C25H28O4. The predicted molar refractivity (Wildman–Crippen MR) is 112 cm³/mol. The monoisotopic (exact) mass is 392 g/mol. The van der Waals surface area contributed by atoms with Crippen molar-refractivity contribution in [1.29, 1.82) is 0 Å². The van der Waals surface area contributed by atoms with E-state index in [0.717, 1.165) is 30.4 Å². The van der Waals surface area contributed by atoms with Gasteiger partial charge in [-0.1, -0.05) is 30.3 Å². The van der Waals surface area contributed by atoms with Gasteiger partial charge in [0.25, 0.3) is 0 Å². The van der Waals surface area contributed by atoms with Gasteiger partial charge in [-0.3, -0.25) is 4.79 Å². The van der Waals surface area contributed by atoms with Gasteiger partial charge in [-0.15, -0.1) is 0 Å². The zero-order valence-electron chi connectivity index (χ0n) is 17.3. The number of carbonyl (C=O) groups excluding carboxylic acids is 1. The third-order valence-electron chi connectivity index (χ3n) is 5.83. The molecule has 3 unspecified atom stereocenters. The summed E-state index contributed by atoms with van der Waals surface area (Å²) in [5.74, 6) is 0.868. The molecule has 1 heterocycles. The standard InChI is InChI=1S/C25H28O4/c1-16-10-17(2)12-21(11-16)29-24-15-28-23-13-20(8-9-22(23)25(24)26)27-14-19-7-5-4-6-18(19)3/h4-7,10-12,15,20,22-23H,8-9,13-14H2,1-3H3. The van der Waals surface area contributed by atoms with E-state index in [2.05, 4.69) is 25.1 Å². The first kappa shape index (κ1) is 19.7. The van der Waals surface area contributed by atoms with Crippen LogP contribution < -0.4 is 4.74 Å². The number of aryl methyl sites for hydroxylation is 3. The quantitative estimate of drug-likeness (QED) is 0.703. The number of ketones is 1. The number of allylic oxidation sites excluding steroid dienone is 1. The molecule has 2 aromatic rings. The van der Waals surface area contributed by atoms with Crippen molar-refractivity contribution in [2.45, 2.75) is 58.8 Å². The summed E-state index contributed by atoms with van der Waals surface area (Å²) in [6, 6.07) is 14.2. The van der Waals surface area contributed by atoms with Crippen LogP contribution in [0.3, 0.4) is 0 Å². The molecule has 0 amide bonds. The topological polar surface area (TPSA) is 44.8 Å². The normalized spacial score (nSPS) is 23.8. The van der Waals surface area contributed by atoms with Crippen LogP contribution >= 0.6 is 0 Å². The minimum Gasteiger partial charge on any atom is -0.493 e. The van der Waals surface area contributed by atoms with E-state index in [1.165, 1.54) is 17.4 Å². The maximum absolute atomic E-state index is 13.0. The van der Waals surface area contributed by atoms with Gasteiger partial charge in [-0.2, -0.15) is 0 Å². The lowest BCUT2D eigenvalue weighted by atomic mass is 9.80. The minimum atomic E-state index is -0.154. The van der Waals surface area contributed by atoms with E-state index in [1.807, 2.05) is 38.1 Å².